The number of nitrogens with zero attached hydrogens (tertiary/aromatic N) is 1. The summed E-state index contributed by atoms with van der Waals surface area (Å²) in [6.45, 7) is 2.01. The fourth-order valence-corrected chi connectivity index (χ4v) is 2.26. The van der Waals surface area contributed by atoms with E-state index in [4.69, 9.17) is 19.8 Å². The summed E-state index contributed by atoms with van der Waals surface area (Å²) in [6, 6.07) is 19.5. The third kappa shape index (κ3) is 10.0. The Morgan fingerprint density at radius 3 is 1.86 bits per heavy atom. The van der Waals surface area contributed by atoms with Crippen LogP contribution in [0.15, 0.2) is 60.7 Å². The number of aliphatic hydroxyl groups is 1. The fourth-order valence-electron chi connectivity index (χ4n) is 2.26. The van der Waals surface area contributed by atoms with Crippen LogP contribution in [0.4, 0.5) is 5.69 Å². The van der Waals surface area contributed by atoms with Crippen LogP contribution in [-0.4, -0.2) is 57.8 Å². The van der Waals surface area contributed by atoms with Crippen LogP contribution in [0.25, 0.3) is 0 Å². The molecule has 0 radical (unpaired) electrons. The maximum absolute atomic E-state index is 12.0. The normalized spacial score (nSPS) is 9.93. The topological polar surface area (TPSA) is 127 Å². The molecule has 0 fully saturated rings. The molecule has 0 atom stereocenters. The van der Waals surface area contributed by atoms with Crippen LogP contribution >= 0.6 is 0 Å². The van der Waals surface area contributed by atoms with E-state index in [1.54, 1.807) is 0 Å². The SMILES string of the molecule is O=C(CCN(CCO)Cc1ccccc1)Nc1ccccc1.O=C(O)C(=O)O. The smallest absolute Gasteiger partial charge is 0.414 e. The number of aliphatic carboxylic acids is 2. The van der Waals surface area contributed by atoms with Gasteiger partial charge in [0.2, 0.25) is 5.91 Å². The second-order valence-corrected chi connectivity index (χ2v) is 5.76. The number of rotatable bonds is 8. The van der Waals surface area contributed by atoms with Crippen LogP contribution in [-0.2, 0) is 20.9 Å². The molecule has 1 amide bonds. The van der Waals surface area contributed by atoms with Crippen molar-refractivity contribution in [3.8, 4) is 0 Å². The Bertz CT molecular complexity index is 725. The van der Waals surface area contributed by atoms with Crippen molar-refractivity contribution in [3.05, 3.63) is 66.2 Å². The molecule has 8 heteroatoms. The van der Waals surface area contributed by atoms with Gasteiger partial charge in [0.25, 0.3) is 0 Å². The van der Waals surface area contributed by atoms with Crippen LogP contribution in [0.1, 0.15) is 12.0 Å². The first kappa shape index (κ1) is 22.8. The van der Waals surface area contributed by atoms with Gasteiger partial charge in [0.1, 0.15) is 0 Å². The van der Waals surface area contributed by atoms with Gasteiger partial charge in [0.05, 0.1) is 6.61 Å². The summed E-state index contributed by atoms with van der Waals surface area (Å²) in [5.74, 6) is -3.66. The Kier molecular flexibility index (Phi) is 10.6. The molecule has 2 rings (SSSR count). The minimum Gasteiger partial charge on any atom is -0.473 e. The van der Waals surface area contributed by atoms with Gasteiger partial charge in [-0.3, -0.25) is 9.69 Å². The van der Waals surface area contributed by atoms with Crippen LogP contribution in [0.3, 0.4) is 0 Å². The van der Waals surface area contributed by atoms with Crippen LogP contribution < -0.4 is 5.32 Å². The van der Waals surface area contributed by atoms with Gasteiger partial charge in [-0.05, 0) is 17.7 Å². The van der Waals surface area contributed by atoms with Crippen molar-refractivity contribution in [2.24, 2.45) is 0 Å². The van der Waals surface area contributed by atoms with Crippen molar-refractivity contribution in [1.29, 1.82) is 0 Å². The first-order valence-electron chi connectivity index (χ1n) is 8.60. The van der Waals surface area contributed by atoms with E-state index in [9.17, 15) is 9.90 Å². The number of para-hydroxylation sites is 1. The molecule has 0 aliphatic carbocycles. The first-order chi connectivity index (χ1) is 13.4. The third-order valence-corrected chi connectivity index (χ3v) is 3.56. The number of anilines is 1. The van der Waals surface area contributed by atoms with E-state index in [1.165, 1.54) is 5.56 Å². The number of carboxylic acid groups (broad SMARTS) is 2. The maximum Gasteiger partial charge on any atom is 0.414 e. The summed E-state index contributed by atoms with van der Waals surface area (Å²) >= 11 is 0. The van der Waals surface area contributed by atoms with E-state index in [-0.39, 0.29) is 12.5 Å². The van der Waals surface area contributed by atoms with E-state index in [0.717, 1.165) is 12.2 Å². The van der Waals surface area contributed by atoms with Gasteiger partial charge in [-0.1, -0.05) is 48.5 Å². The summed E-state index contributed by atoms with van der Waals surface area (Å²) in [7, 11) is 0. The Morgan fingerprint density at radius 2 is 1.36 bits per heavy atom. The van der Waals surface area contributed by atoms with Crippen molar-refractivity contribution in [2.45, 2.75) is 13.0 Å². The molecule has 0 saturated carbocycles. The summed E-state index contributed by atoms with van der Waals surface area (Å²) in [4.78, 5) is 32.3. The predicted octanol–water partition coefficient (Wildman–Crippen LogP) is 1.67. The first-order valence-corrected chi connectivity index (χ1v) is 8.60. The molecule has 2 aromatic carbocycles. The highest BCUT2D eigenvalue weighted by molar-refractivity contribution is 6.27. The maximum atomic E-state index is 12.0. The number of hydrogen-bond acceptors (Lipinski definition) is 5. The molecule has 8 nitrogen and oxygen atoms in total. The van der Waals surface area contributed by atoms with Crippen LogP contribution in [0.2, 0.25) is 0 Å². The van der Waals surface area contributed by atoms with Gasteiger partial charge < -0.3 is 20.6 Å². The zero-order chi connectivity index (χ0) is 20.8. The highest BCUT2D eigenvalue weighted by atomic mass is 16.4. The Hall–Kier alpha value is -3.23. The van der Waals surface area contributed by atoms with Crippen molar-refractivity contribution >= 4 is 23.5 Å². The van der Waals surface area contributed by atoms with Gasteiger partial charge in [0, 0.05) is 31.7 Å². The summed E-state index contributed by atoms with van der Waals surface area (Å²) in [6.07, 6.45) is 0.404. The third-order valence-electron chi connectivity index (χ3n) is 3.56. The molecule has 0 saturated heterocycles. The Labute approximate surface area is 163 Å². The van der Waals surface area contributed by atoms with Crippen molar-refractivity contribution in [1.82, 2.24) is 4.90 Å². The summed E-state index contributed by atoms with van der Waals surface area (Å²) < 4.78 is 0. The van der Waals surface area contributed by atoms with E-state index < -0.39 is 11.9 Å². The predicted molar refractivity (Wildman–Crippen MR) is 104 cm³/mol. The van der Waals surface area contributed by atoms with Gasteiger partial charge in [-0.15, -0.1) is 0 Å². The molecule has 150 valence electrons. The lowest BCUT2D eigenvalue weighted by molar-refractivity contribution is -0.159. The Balaban J connectivity index is 0.000000568. The average molecular weight is 388 g/mol. The fraction of sp³-hybridized carbons (Fsp3) is 0.250. The molecule has 0 aliphatic rings. The molecule has 28 heavy (non-hydrogen) atoms. The van der Waals surface area contributed by atoms with Gasteiger partial charge in [-0.25, -0.2) is 9.59 Å². The highest BCUT2D eigenvalue weighted by Gasteiger charge is 2.09. The summed E-state index contributed by atoms with van der Waals surface area (Å²) in [5, 5.41) is 26.8. The van der Waals surface area contributed by atoms with E-state index >= 15 is 0 Å². The lowest BCUT2D eigenvalue weighted by Gasteiger charge is -2.21. The number of amides is 1. The molecule has 4 N–H and O–H groups in total. The van der Waals surface area contributed by atoms with E-state index in [0.29, 0.717) is 19.5 Å². The number of nitrogens with one attached hydrogen (secondary N) is 1. The van der Waals surface area contributed by atoms with Gasteiger partial charge >= 0.3 is 11.9 Å². The minimum absolute atomic E-state index is 0.0119. The molecular formula is C20H24N2O6. The second-order valence-electron chi connectivity index (χ2n) is 5.76. The molecule has 0 unspecified atom stereocenters. The zero-order valence-corrected chi connectivity index (χ0v) is 15.3. The van der Waals surface area contributed by atoms with Crippen LogP contribution in [0.5, 0.6) is 0 Å². The lowest BCUT2D eigenvalue weighted by atomic mass is 10.2. The number of carboxylic acids is 2. The Morgan fingerprint density at radius 1 is 0.821 bits per heavy atom. The molecule has 2 aromatic rings. The number of carbonyl (C=O) groups excluding carboxylic acids is 1. The monoisotopic (exact) mass is 388 g/mol. The number of carbonyl (C=O) groups is 3. The quantitative estimate of drug-likeness (QED) is 0.507. The van der Waals surface area contributed by atoms with E-state index in [2.05, 4.69) is 22.3 Å². The van der Waals surface area contributed by atoms with Crippen molar-refractivity contribution < 1.29 is 29.7 Å². The summed E-state index contributed by atoms with van der Waals surface area (Å²) in [5.41, 5.74) is 1.99. The average Bonchev–Trinajstić information content (AvgIpc) is 2.68. The van der Waals surface area contributed by atoms with Crippen molar-refractivity contribution in [2.75, 3.05) is 25.0 Å². The van der Waals surface area contributed by atoms with Crippen LogP contribution in [0, 0.1) is 0 Å². The number of aliphatic hydroxyl groups excluding tert-OH is 1. The lowest BCUT2D eigenvalue weighted by Crippen LogP contribution is -2.30. The van der Waals surface area contributed by atoms with E-state index in [1.807, 2.05) is 48.5 Å². The molecule has 0 heterocycles. The second kappa shape index (κ2) is 13.0. The van der Waals surface area contributed by atoms with Gasteiger partial charge in [0.15, 0.2) is 0 Å². The minimum atomic E-state index is -1.82. The number of hydrogen-bond donors (Lipinski definition) is 4. The standard InChI is InChI=1S/C18H22N2O2.C2H2O4/c21-14-13-20(15-16-7-3-1-4-8-16)12-11-18(22)19-17-9-5-2-6-10-17;3-1(4)2(5)6/h1-10,21H,11-15H2,(H,19,22);(H,3,4)(H,5,6). The molecule has 0 bridgehead atoms. The highest BCUT2D eigenvalue weighted by Crippen LogP contribution is 2.07. The largest absolute Gasteiger partial charge is 0.473 e. The molecular weight excluding hydrogens is 364 g/mol. The van der Waals surface area contributed by atoms with Crippen molar-refractivity contribution in [3.63, 3.8) is 0 Å². The molecule has 0 aliphatic heterocycles. The zero-order valence-electron chi connectivity index (χ0n) is 15.3. The number of benzene rings is 2. The molecule has 0 aromatic heterocycles. The molecule has 0 spiro atoms. The van der Waals surface area contributed by atoms with Gasteiger partial charge in [-0.2, -0.15) is 0 Å².